The van der Waals surface area contributed by atoms with Gasteiger partial charge < -0.3 is 10.6 Å². The molecule has 1 aromatic rings. The molecule has 0 atom stereocenters. The van der Waals surface area contributed by atoms with Crippen LogP contribution in [0.4, 0.5) is 5.69 Å². The van der Waals surface area contributed by atoms with E-state index in [0.717, 1.165) is 12.1 Å². The van der Waals surface area contributed by atoms with Gasteiger partial charge in [0.15, 0.2) is 0 Å². The maximum absolute atomic E-state index is 4.08. The fraction of sp³-hybridized carbons (Fsp3) is 0.364. The maximum atomic E-state index is 4.08. The number of aliphatic imine (C=N–C) groups is 1. The zero-order valence-corrected chi connectivity index (χ0v) is 8.75. The molecule has 0 spiro atoms. The molecule has 0 aliphatic carbocycles. The first-order valence-corrected chi connectivity index (χ1v) is 4.85. The zero-order valence-electron chi connectivity index (χ0n) is 8.75. The Morgan fingerprint density at radius 1 is 1.29 bits per heavy atom. The molecule has 0 fully saturated rings. The minimum absolute atomic E-state index is 0.639. The van der Waals surface area contributed by atoms with Gasteiger partial charge in [0, 0.05) is 5.69 Å². The topological polar surface area (TPSA) is 36.4 Å². The summed E-state index contributed by atoms with van der Waals surface area (Å²) in [5, 5.41) is 6.03. The van der Waals surface area contributed by atoms with Crippen molar-refractivity contribution in [3.8, 4) is 0 Å². The summed E-state index contributed by atoms with van der Waals surface area (Å²) in [4.78, 5) is 4.08. The lowest BCUT2D eigenvalue weighted by Gasteiger charge is -2.01. The van der Waals surface area contributed by atoms with Crippen LogP contribution in [0.15, 0.2) is 29.3 Å². The average molecular weight is 191 g/mol. The third-order valence-corrected chi connectivity index (χ3v) is 1.93. The lowest BCUT2D eigenvalue weighted by Crippen LogP contribution is -2.06. The summed E-state index contributed by atoms with van der Waals surface area (Å²) < 4.78 is 0. The predicted molar refractivity (Wildman–Crippen MR) is 61.9 cm³/mol. The third-order valence-electron chi connectivity index (χ3n) is 1.93. The van der Waals surface area contributed by atoms with Crippen LogP contribution >= 0.6 is 0 Å². The molecular weight excluding hydrogens is 174 g/mol. The quantitative estimate of drug-likeness (QED) is 0.550. The highest BCUT2D eigenvalue weighted by Gasteiger charge is 1.89. The Morgan fingerprint density at radius 2 is 2.00 bits per heavy atom. The fourth-order valence-electron chi connectivity index (χ4n) is 1.09. The number of rotatable bonds is 5. The number of nitrogens with one attached hydrogen (secondary N) is 2. The van der Waals surface area contributed by atoms with Crippen molar-refractivity contribution in [3.63, 3.8) is 0 Å². The van der Waals surface area contributed by atoms with E-state index in [1.807, 2.05) is 7.05 Å². The Balaban J connectivity index is 2.43. The smallest absolute Gasteiger partial charge is 0.0899 e. The first-order valence-electron chi connectivity index (χ1n) is 4.85. The van der Waals surface area contributed by atoms with Gasteiger partial charge >= 0.3 is 0 Å². The third kappa shape index (κ3) is 3.58. The second-order valence-corrected chi connectivity index (χ2v) is 3.02. The SMILES string of the molecule is CCc1ccc(N/C=N\CNC)cc1. The molecule has 0 heterocycles. The van der Waals surface area contributed by atoms with E-state index in [1.54, 1.807) is 6.34 Å². The van der Waals surface area contributed by atoms with Crippen LogP contribution in [0.25, 0.3) is 0 Å². The molecule has 76 valence electrons. The van der Waals surface area contributed by atoms with Crippen LogP contribution in [0.1, 0.15) is 12.5 Å². The van der Waals surface area contributed by atoms with Gasteiger partial charge in [0.1, 0.15) is 0 Å². The molecule has 3 heteroatoms. The minimum atomic E-state index is 0.639. The fourth-order valence-corrected chi connectivity index (χ4v) is 1.09. The largest absolute Gasteiger partial charge is 0.347 e. The van der Waals surface area contributed by atoms with E-state index in [1.165, 1.54) is 5.56 Å². The number of nitrogens with zero attached hydrogens (tertiary/aromatic N) is 1. The van der Waals surface area contributed by atoms with E-state index < -0.39 is 0 Å². The van der Waals surface area contributed by atoms with Gasteiger partial charge in [-0.1, -0.05) is 19.1 Å². The molecule has 0 unspecified atom stereocenters. The van der Waals surface area contributed by atoms with Crippen LogP contribution < -0.4 is 10.6 Å². The average Bonchev–Trinajstić information content (AvgIpc) is 2.25. The van der Waals surface area contributed by atoms with Crippen LogP contribution in [-0.2, 0) is 6.42 Å². The first kappa shape index (κ1) is 10.7. The number of hydrogen-bond acceptors (Lipinski definition) is 2. The molecule has 0 aromatic heterocycles. The molecule has 1 rings (SSSR count). The van der Waals surface area contributed by atoms with Gasteiger partial charge in [0.2, 0.25) is 0 Å². The predicted octanol–water partition coefficient (Wildman–Crippen LogP) is 1.87. The van der Waals surface area contributed by atoms with Crippen molar-refractivity contribution < 1.29 is 0 Å². The van der Waals surface area contributed by atoms with E-state index in [2.05, 4.69) is 46.8 Å². The highest BCUT2D eigenvalue weighted by atomic mass is 15.0. The Morgan fingerprint density at radius 3 is 2.57 bits per heavy atom. The molecule has 0 saturated carbocycles. The van der Waals surface area contributed by atoms with E-state index in [-0.39, 0.29) is 0 Å². The van der Waals surface area contributed by atoms with Crippen molar-refractivity contribution in [3.05, 3.63) is 29.8 Å². The molecule has 2 N–H and O–H groups in total. The molecular formula is C11H17N3. The Labute approximate surface area is 85.3 Å². The summed E-state index contributed by atoms with van der Waals surface area (Å²) >= 11 is 0. The molecule has 0 bridgehead atoms. The van der Waals surface area contributed by atoms with Gasteiger partial charge in [0.25, 0.3) is 0 Å². The van der Waals surface area contributed by atoms with Crippen LogP contribution in [0.3, 0.4) is 0 Å². The molecule has 0 aliphatic heterocycles. The van der Waals surface area contributed by atoms with Gasteiger partial charge in [-0.15, -0.1) is 0 Å². The van der Waals surface area contributed by atoms with Gasteiger partial charge in [-0.3, -0.25) is 4.99 Å². The van der Waals surface area contributed by atoms with Gasteiger partial charge in [0.05, 0.1) is 13.0 Å². The lowest BCUT2D eigenvalue weighted by atomic mass is 10.1. The summed E-state index contributed by atoms with van der Waals surface area (Å²) in [7, 11) is 1.87. The highest BCUT2D eigenvalue weighted by Crippen LogP contribution is 2.08. The van der Waals surface area contributed by atoms with E-state index in [4.69, 9.17) is 0 Å². The normalized spacial score (nSPS) is 10.7. The van der Waals surface area contributed by atoms with Gasteiger partial charge in [-0.25, -0.2) is 0 Å². The van der Waals surface area contributed by atoms with Gasteiger partial charge in [-0.05, 0) is 31.2 Å². The minimum Gasteiger partial charge on any atom is -0.347 e. The van der Waals surface area contributed by atoms with Crippen molar-refractivity contribution in [1.29, 1.82) is 0 Å². The van der Waals surface area contributed by atoms with Gasteiger partial charge in [-0.2, -0.15) is 0 Å². The van der Waals surface area contributed by atoms with Crippen molar-refractivity contribution in [2.45, 2.75) is 13.3 Å². The van der Waals surface area contributed by atoms with Crippen LogP contribution in [0.2, 0.25) is 0 Å². The lowest BCUT2D eigenvalue weighted by molar-refractivity contribution is 0.837. The molecule has 1 aromatic carbocycles. The summed E-state index contributed by atoms with van der Waals surface area (Å²) in [6, 6.07) is 8.36. The second kappa shape index (κ2) is 6.16. The summed E-state index contributed by atoms with van der Waals surface area (Å²) in [5.41, 5.74) is 2.42. The summed E-state index contributed by atoms with van der Waals surface area (Å²) in [6.45, 7) is 2.79. The van der Waals surface area contributed by atoms with Crippen LogP contribution in [0, 0.1) is 0 Å². The Hall–Kier alpha value is -1.35. The van der Waals surface area contributed by atoms with Crippen molar-refractivity contribution in [2.75, 3.05) is 19.0 Å². The Bertz CT molecular complexity index is 277. The van der Waals surface area contributed by atoms with Crippen molar-refractivity contribution in [2.24, 2.45) is 4.99 Å². The van der Waals surface area contributed by atoms with Crippen molar-refractivity contribution in [1.82, 2.24) is 5.32 Å². The monoisotopic (exact) mass is 191 g/mol. The standard InChI is InChI=1S/C11H17N3/c1-3-10-4-6-11(7-5-10)14-9-13-8-12-2/h4-7,9,12H,3,8H2,1-2H3,(H,13,14). The Kier molecular flexibility index (Phi) is 4.72. The van der Waals surface area contributed by atoms with E-state index >= 15 is 0 Å². The molecule has 0 amide bonds. The maximum Gasteiger partial charge on any atom is 0.0899 e. The van der Waals surface area contributed by atoms with Crippen molar-refractivity contribution >= 4 is 12.0 Å². The van der Waals surface area contributed by atoms with Crippen LogP contribution in [-0.4, -0.2) is 20.1 Å². The molecule has 0 radical (unpaired) electrons. The molecule has 0 saturated heterocycles. The number of benzene rings is 1. The number of aryl methyl sites for hydroxylation is 1. The summed E-state index contributed by atoms with van der Waals surface area (Å²) in [5.74, 6) is 0. The van der Waals surface area contributed by atoms with E-state index in [0.29, 0.717) is 6.67 Å². The molecule has 3 nitrogen and oxygen atoms in total. The molecule has 0 aliphatic rings. The highest BCUT2D eigenvalue weighted by molar-refractivity contribution is 5.75. The second-order valence-electron chi connectivity index (χ2n) is 3.02. The number of anilines is 1. The van der Waals surface area contributed by atoms with E-state index in [9.17, 15) is 0 Å². The first-order chi connectivity index (χ1) is 6.86. The molecule has 14 heavy (non-hydrogen) atoms. The summed E-state index contributed by atoms with van der Waals surface area (Å²) in [6.07, 6.45) is 2.78. The number of hydrogen-bond donors (Lipinski definition) is 2. The van der Waals surface area contributed by atoms with Crippen LogP contribution in [0.5, 0.6) is 0 Å². The zero-order chi connectivity index (χ0) is 10.2.